The van der Waals surface area contributed by atoms with Crippen LogP contribution in [0.5, 0.6) is 5.75 Å². The third-order valence-electron chi connectivity index (χ3n) is 2.17. The van der Waals surface area contributed by atoms with Crippen molar-refractivity contribution < 1.29 is 14.4 Å². The van der Waals surface area contributed by atoms with Crippen LogP contribution < -0.4 is 5.43 Å². The first kappa shape index (κ1) is 11.8. The van der Waals surface area contributed by atoms with Gasteiger partial charge in [-0.15, -0.1) is 0 Å². The van der Waals surface area contributed by atoms with Gasteiger partial charge in [0, 0.05) is 11.6 Å². The van der Waals surface area contributed by atoms with E-state index in [9.17, 15) is 9.90 Å². The highest BCUT2D eigenvalue weighted by Gasteiger charge is 2.09. The predicted octanol–water partition coefficient (Wildman–Crippen LogP) is 1.45. The average molecular weight is 245 g/mol. The Morgan fingerprint density at radius 3 is 2.94 bits per heavy atom. The fraction of sp³-hybridized carbons (Fsp3) is 0.0833. The summed E-state index contributed by atoms with van der Waals surface area (Å²) in [6, 6.07) is 8.16. The second-order valence-electron chi connectivity index (χ2n) is 3.58. The lowest BCUT2D eigenvalue weighted by atomic mass is 10.2. The number of phenols is 1. The van der Waals surface area contributed by atoms with Crippen LogP contribution in [0.25, 0.3) is 0 Å². The number of nitrogens with zero attached hydrogens (tertiary/aromatic N) is 2. The van der Waals surface area contributed by atoms with Gasteiger partial charge in [0.05, 0.1) is 6.21 Å². The maximum Gasteiger partial charge on any atom is 0.293 e. The molecule has 18 heavy (non-hydrogen) atoms. The summed E-state index contributed by atoms with van der Waals surface area (Å²) in [4.78, 5) is 11.5. The molecule has 0 aliphatic heterocycles. The minimum absolute atomic E-state index is 0.0905. The number of carbonyl (C=O) groups excluding carboxylic acids is 1. The molecule has 1 amide bonds. The first-order valence-corrected chi connectivity index (χ1v) is 5.21. The number of hydrazone groups is 1. The Bertz CT molecular complexity index is 590. The number of rotatable bonds is 3. The Kier molecular flexibility index (Phi) is 3.38. The number of para-hydroxylation sites is 1. The average Bonchev–Trinajstić information content (AvgIpc) is 2.78. The largest absolute Gasteiger partial charge is 0.507 e. The SMILES string of the molecule is Cc1cc(C(=O)N/N=C\c2ccccc2O)no1. The fourth-order valence-corrected chi connectivity index (χ4v) is 1.29. The third-order valence-corrected chi connectivity index (χ3v) is 2.17. The van der Waals surface area contributed by atoms with E-state index < -0.39 is 5.91 Å². The summed E-state index contributed by atoms with van der Waals surface area (Å²) in [7, 11) is 0. The number of amides is 1. The Labute approximate surface area is 103 Å². The van der Waals surface area contributed by atoms with Gasteiger partial charge in [-0.3, -0.25) is 4.79 Å². The number of nitrogens with one attached hydrogen (secondary N) is 1. The minimum Gasteiger partial charge on any atom is -0.507 e. The number of benzene rings is 1. The maximum atomic E-state index is 11.5. The molecule has 0 unspecified atom stereocenters. The quantitative estimate of drug-likeness (QED) is 0.632. The zero-order valence-corrected chi connectivity index (χ0v) is 9.62. The van der Waals surface area contributed by atoms with Crippen LogP contribution in [0.1, 0.15) is 21.8 Å². The zero-order valence-electron chi connectivity index (χ0n) is 9.62. The molecule has 0 fully saturated rings. The van der Waals surface area contributed by atoms with Crippen LogP contribution in [0.3, 0.4) is 0 Å². The van der Waals surface area contributed by atoms with Gasteiger partial charge in [0.15, 0.2) is 5.69 Å². The molecule has 0 saturated heterocycles. The second kappa shape index (κ2) is 5.13. The number of hydrogen-bond acceptors (Lipinski definition) is 5. The van der Waals surface area contributed by atoms with E-state index in [1.54, 1.807) is 25.1 Å². The first-order chi connectivity index (χ1) is 8.66. The molecule has 2 rings (SSSR count). The molecule has 1 aromatic heterocycles. The van der Waals surface area contributed by atoms with Crippen LogP contribution in [0.4, 0.5) is 0 Å². The molecule has 1 heterocycles. The molecule has 0 saturated carbocycles. The van der Waals surface area contributed by atoms with E-state index in [-0.39, 0.29) is 11.4 Å². The van der Waals surface area contributed by atoms with Crippen molar-refractivity contribution in [3.8, 4) is 5.75 Å². The van der Waals surface area contributed by atoms with Crippen LogP contribution in [0.2, 0.25) is 0 Å². The van der Waals surface area contributed by atoms with Gasteiger partial charge < -0.3 is 9.63 Å². The highest BCUT2D eigenvalue weighted by molar-refractivity contribution is 5.93. The number of aryl methyl sites for hydroxylation is 1. The molecule has 0 aliphatic rings. The number of aromatic hydroxyl groups is 1. The molecule has 0 atom stereocenters. The van der Waals surface area contributed by atoms with Crippen molar-refractivity contribution in [2.75, 3.05) is 0 Å². The molecule has 2 aromatic rings. The Balaban J connectivity index is 2.00. The fourth-order valence-electron chi connectivity index (χ4n) is 1.29. The molecule has 92 valence electrons. The van der Waals surface area contributed by atoms with Gasteiger partial charge in [0.1, 0.15) is 11.5 Å². The van der Waals surface area contributed by atoms with E-state index in [2.05, 4.69) is 15.7 Å². The standard InChI is InChI=1S/C12H11N3O3/c1-8-6-10(15-18-8)12(17)14-13-7-9-4-2-3-5-11(9)16/h2-7,16H,1H3,(H,14,17)/b13-7-. The van der Waals surface area contributed by atoms with Gasteiger partial charge in [0.2, 0.25) is 0 Å². The van der Waals surface area contributed by atoms with Gasteiger partial charge in [-0.25, -0.2) is 5.43 Å². The van der Waals surface area contributed by atoms with Crippen molar-refractivity contribution in [2.24, 2.45) is 5.10 Å². The van der Waals surface area contributed by atoms with E-state index >= 15 is 0 Å². The summed E-state index contributed by atoms with van der Waals surface area (Å²) in [5.74, 6) is 0.163. The number of aromatic nitrogens is 1. The lowest BCUT2D eigenvalue weighted by molar-refractivity contribution is 0.0946. The van der Waals surface area contributed by atoms with E-state index in [4.69, 9.17) is 4.52 Å². The monoisotopic (exact) mass is 245 g/mol. The second-order valence-corrected chi connectivity index (χ2v) is 3.58. The third kappa shape index (κ3) is 2.73. The number of phenolic OH excluding ortho intramolecular Hbond substituents is 1. The molecule has 0 aliphatic carbocycles. The van der Waals surface area contributed by atoms with Crippen molar-refractivity contribution in [2.45, 2.75) is 6.92 Å². The number of hydrogen-bond donors (Lipinski definition) is 2. The Morgan fingerprint density at radius 1 is 1.50 bits per heavy atom. The van der Waals surface area contributed by atoms with E-state index in [0.717, 1.165) is 0 Å². The normalized spacial score (nSPS) is 10.7. The summed E-state index contributed by atoms with van der Waals surface area (Å²) in [6.07, 6.45) is 1.35. The lowest BCUT2D eigenvalue weighted by Crippen LogP contribution is -2.17. The lowest BCUT2D eigenvalue weighted by Gasteiger charge is -1.97. The van der Waals surface area contributed by atoms with Crippen LogP contribution in [0, 0.1) is 6.92 Å². The molecule has 0 spiro atoms. The van der Waals surface area contributed by atoms with Crippen LogP contribution in [-0.2, 0) is 0 Å². The van der Waals surface area contributed by atoms with Crippen LogP contribution in [-0.4, -0.2) is 22.4 Å². The minimum atomic E-state index is -0.474. The molecular weight excluding hydrogens is 234 g/mol. The van der Waals surface area contributed by atoms with Crippen molar-refractivity contribution in [3.63, 3.8) is 0 Å². The van der Waals surface area contributed by atoms with Crippen LogP contribution in [0.15, 0.2) is 40.0 Å². The Hall–Kier alpha value is -2.63. The van der Waals surface area contributed by atoms with Gasteiger partial charge in [-0.1, -0.05) is 17.3 Å². The molecule has 6 heteroatoms. The van der Waals surface area contributed by atoms with E-state index in [0.29, 0.717) is 11.3 Å². The van der Waals surface area contributed by atoms with Crippen molar-refractivity contribution >= 4 is 12.1 Å². The van der Waals surface area contributed by atoms with Gasteiger partial charge in [-0.05, 0) is 19.1 Å². The molecule has 6 nitrogen and oxygen atoms in total. The van der Waals surface area contributed by atoms with Crippen molar-refractivity contribution in [3.05, 3.63) is 47.3 Å². The van der Waals surface area contributed by atoms with Crippen molar-refractivity contribution in [1.29, 1.82) is 0 Å². The summed E-state index contributed by atoms with van der Waals surface area (Å²) in [5, 5.41) is 16.7. The van der Waals surface area contributed by atoms with Gasteiger partial charge >= 0.3 is 0 Å². The topological polar surface area (TPSA) is 87.7 Å². The summed E-state index contributed by atoms with van der Waals surface area (Å²) in [6.45, 7) is 1.69. The smallest absolute Gasteiger partial charge is 0.293 e. The summed E-state index contributed by atoms with van der Waals surface area (Å²) >= 11 is 0. The van der Waals surface area contributed by atoms with Crippen molar-refractivity contribution in [1.82, 2.24) is 10.6 Å². The van der Waals surface area contributed by atoms with E-state index in [1.165, 1.54) is 18.3 Å². The van der Waals surface area contributed by atoms with Gasteiger partial charge in [-0.2, -0.15) is 5.10 Å². The summed E-state index contributed by atoms with van der Waals surface area (Å²) in [5.41, 5.74) is 2.95. The zero-order chi connectivity index (χ0) is 13.0. The highest BCUT2D eigenvalue weighted by atomic mass is 16.5. The maximum absolute atomic E-state index is 11.5. The first-order valence-electron chi connectivity index (χ1n) is 5.21. The van der Waals surface area contributed by atoms with Crippen LogP contribution >= 0.6 is 0 Å². The molecule has 2 N–H and O–H groups in total. The predicted molar refractivity (Wildman–Crippen MR) is 64.4 cm³/mol. The Morgan fingerprint density at radius 2 is 2.28 bits per heavy atom. The molecule has 1 aromatic carbocycles. The molecule has 0 radical (unpaired) electrons. The van der Waals surface area contributed by atoms with Gasteiger partial charge in [0.25, 0.3) is 5.91 Å². The van der Waals surface area contributed by atoms with E-state index in [1.807, 2.05) is 0 Å². The summed E-state index contributed by atoms with van der Waals surface area (Å²) < 4.78 is 4.77. The molecule has 0 bridgehead atoms. The highest BCUT2D eigenvalue weighted by Crippen LogP contribution is 2.12. The number of carbonyl (C=O) groups is 1. The molecular formula is C12H11N3O3.